The Labute approximate surface area is 141 Å². The third-order valence-electron chi connectivity index (χ3n) is 3.47. The number of aliphatic carboxylic acids is 1. The monoisotopic (exact) mass is 345 g/mol. The molecule has 0 saturated heterocycles. The topological polar surface area (TPSA) is 74.7 Å². The van der Waals surface area contributed by atoms with Crippen LogP contribution < -0.4 is 0 Å². The van der Waals surface area contributed by atoms with Gasteiger partial charge in [0.05, 0.1) is 0 Å². The summed E-state index contributed by atoms with van der Waals surface area (Å²) >= 11 is 0. The van der Waals surface area contributed by atoms with Gasteiger partial charge in [0.2, 0.25) is 10.0 Å². The average molecular weight is 345 g/mol. The molecule has 0 fully saturated rings. The molecule has 5 nitrogen and oxygen atoms in total. The number of hydrogen-bond acceptors (Lipinski definition) is 3. The predicted octanol–water partition coefficient (Wildman–Crippen LogP) is 2.71. The number of sulfonamides is 1. The van der Waals surface area contributed by atoms with Crippen molar-refractivity contribution in [2.45, 2.75) is 0 Å². The lowest BCUT2D eigenvalue weighted by Crippen LogP contribution is -2.32. The number of benzene rings is 2. The highest BCUT2D eigenvalue weighted by Gasteiger charge is 2.20. The molecule has 0 radical (unpaired) electrons. The van der Waals surface area contributed by atoms with Crippen LogP contribution in [0.15, 0.2) is 60.7 Å². The van der Waals surface area contributed by atoms with Gasteiger partial charge in [0.1, 0.15) is 0 Å². The Balaban J connectivity index is 1.99. The van der Waals surface area contributed by atoms with Crippen LogP contribution in [0, 0.1) is 0 Å². The lowest BCUT2D eigenvalue weighted by atomic mass is 10.0. The molecule has 0 unspecified atom stereocenters. The third kappa shape index (κ3) is 5.04. The molecule has 2 aromatic rings. The van der Waals surface area contributed by atoms with E-state index < -0.39 is 21.7 Å². The molecule has 0 spiro atoms. The molecule has 6 heteroatoms. The van der Waals surface area contributed by atoms with Gasteiger partial charge in [-0.15, -0.1) is 0 Å². The first-order valence-electron chi connectivity index (χ1n) is 7.36. The van der Waals surface area contributed by atoms with Crippen molar-refractivity contribution in [1.82, 2.24) is 4.31 Å². The van der Waals surface area contributed by atoms with E-state index in [4.69, 9.17) is 5.11 Å². The Morgan fingerprint density at radius 3 is 2.21 bits per heavy atom. The van der Waals surface area contributed by atoms with E-state index in [1.807, 2.05) is 60.7 Å². The van der Waals surface area contributed by atoms with Crippen LogP contribution in [0.25, 0.3) is 17.2 Å². The fraction of sp³-hybridized carbons (Fsp3) is 0.167. The summed E-state index contributed by atoms with van der Waals surface area (Å²) in [5, 5.41) is 8.60. The Morgan fingerprint density at radius 2 is 1.62 bits per heavy atom. The zero-order chi connectivity index (χ0) is 17.6. The van der Waals surface area contributed by atoms with Crippen molar-refractivity contribution >= 4 is 22.1 Å². The van der Waals surface area contributed by atoms with Crippen molar-refractivity contribution in [3.8, 4) is 11.1 Å². The van der Waals surface area contributed by atoms with Crippen LogP contribution in [0.5, 0.6) is 0 Å². The first kappa shape index (κ1) is 17.9. The molecule has 0 heterocycles. The van der Waals surface area contributed by atoms with Gasteiger partial charge in [-0.25, -0.2) is 12.7 Å². The minimum Gasteiger partial charge on any atom is -0.480 e. The van der Waals surface area contributed by atoms with Gasteiger partial charge in [-0.3, -0.25) is 4.79 Å². The molecule has 0 aromatic heterocycles. The fourth-order valence-corrected chi connectivity index (χ4v) is 2.98. The molecular weight excluding hydrogens is 326 g/mol. The van der Waals surface area contributed by atoms with E-state index >= 15 is 0 Å². The second-order valence-corrected chi connectivity index (χ2v) is 7.40. The molecular formula is C18H19NO4S. The predicted molar refractivity (Wildman–Crippen MR) is 95.0 cm³/mol. The number of rotatable bonds is 7. The Hall–Kier alpha value is -2.44. The summed E-state index contributed by atoms with van der Waals surface area (Å²) < 4.78 is 24.4. The van der Waals surface area contributed by atoms with Crippen LogP contribution in [0.1, 0.15) is 5.56 Å². The van der Waals surface area contributed by atoms with Gasteiger partial charge in [0.25, 0.3) is 0 Å². The molecule has 0 aliphatic rings. The van der Waals surface area contributed by atoms with Crippen molar-refractivity contribution in [1.29, 1.82) is 0 Å². The van der Waals surface area contributed by atoms with E-state index in [0.717, 1.165) is 21.0 Å². The minimum atomic E-state index is -3.77. The smallest absolute Gasteiger partial charge is 0.320 e. The van der Waals surface area contributed by atoms with Crippen molar-refractivity contribution in [3.05, 3.63) is 66.2 Å². The molecule has 0 saturated carbocycles. The van der Waals surface area contributed by atoms with Gasteiger partial charge >= 0.3 is 5.97 Å². The van der Waals surface area contributed by atoms with E-state index in [2.05, 4.69) is 0 Å². The number of carboxylic acids is 1. The second kappa shape index (κ2) is 7.90. The standard InChI is InChI=1S/C18H19NO4S/c1-19(24(22,23)14-18(20)21)13-5-6-15-9-11-17(12-10-15)16-7-3-2-4-8-16/h2-12H,13-14H2,1H3,(H,20,21)/b6-5+. The Morgan fingerprint density at radius 1 is 1.04 bits per heavy atom. The second-order valence-electron chi connectivity index (χ2n) is 5.32. The SMILES string of the molecule is CN(C/C=C/c1ccc(-c2ccccc2)cc1)S(=O)(=O)CC(=O)O. The van der Waals surface area contributed by atoms with Crippen molar-refractivity contribution in [2.75, 3.05) is 19.3 Å². The quantitative estimate of drug-likeness (QED) is 0.837. The maximum absolute atomic E-state index is 11.7. The van der Waals surface area contributed by atoms with E-state index in [0.29, 0.717) is 0 Å². The van der Waals surface area contributed by atoms with Gasteiger partial charge in [-0.1, -0.05) is 66.7 Å². The highest BCUT2D eigenvalue weighted by molar-refractivity contribution is 7.89. The number of hydrogen-bond donors (Lipinski definition) is 1. The number of nitrogens with zero attached hydrogens (tertiary/aromatic N) is 1. The summed E-state index contributed by atoms with van der Waals surface area (Å²) in [6.45, 7) is 0.121. The third-order valence-corrected chi connectivity index (χ3v) is 5.18. The van der Waals surface area contributed by atoms with E-state index in [1.165, 1.54) is 7.05 Å². The summed E-state index contributed by atoms with van der Waals surface area (Å²) in [6.07, 6.45) is 3.50. The average Bonchev–Trinajstić information content (AvgIpc) is 2.55. The summed E-state index contributed by atoms with van der Waals surface area (Å²) in [5.74, 6) is -2.26. The van der Waals surface area contributed by atoms with Crippen LogP contribution in [0.2, 0.25) is 0 Å². The molecule has 2 aromatic carbocycles. The molecule has 1 N–H and O–H groups in total. The van der Waals surface area contributed by atoms with E-state index in [1.54, 1.807) is 6.08 Å². The van der Waals surface area contributed by atoms with Crippen molar-refractivity contribution in [2.24, 2.45) is 0 Å². The highest BCUT2D eigenvalue weighted by atomic mass is 32.2. The van der Waals surface area contributed by atoms with Crippen LogP contribution in [0.3, 0.4) is 0 Å². The summed E-state index contributed by atoms with van der Waals surface area (Å²) in [4.78, 5) is 10.5. The zero-order valence-electron chi connectivity index (χ0n) is 13.3. The van der Waals surface area contributed by atoms with E-state index in [9.17, 15) is 13.2 Å². The maximum atomic E-state index is 11.7. The summed E-state index contributed by atoms with van der Waals surface area (Å²) in [7, 11) is -2.41. The van der Waals surface area contributed by atoms with E-state index in [-0.39, 0.29) is 6.54 Å². The zero-order valence-corrected chi connectivity index (χ0v) is 14.1. The van der Waals surface area contributed by atoms with Gasteiger partial charge in [0.15, 0.2) is 5.75 Å². The molecule has 0 aliphatic heterocycles. The van der Waals surface area contributed by atoms with Crippen LogP contribution in [0.4, 0.5) is 0 Å². The van der Waals surface area contributed by atoms with Crippen molar-refractivity contribution < 1.29 is 18.3 Å². The first-order chi connectivity index (χ1) is 11.4. The van der Waals surface area contributed by atoms with Crippen LogP contribution in [-0.2, 0) is 14.8 Å². The first-order valence-corrected chi connectivity index (χ1v) is 8.97. The normalized spacial score (nSPS) is 11.9. The van der Waals surface area contributed by atoms with Crippen LogP contribution in [-0.4, -0.2) is 43.1 Å². The molecule has 0 atom stereocenters. The molecule has 126 valence electrons. The molecule has 0 bridgehead atoms. The van der Waals surface area contributed by atoms with Gasteiger partial charge in [-0.2, -0.15) is 0 Å². The molecule has 0 aliphatic carbocycles. The van der Waals surface area contributed by atoms with Gasteiger partial charge in [0, 0.05) is 13.6 Å². The largest absolute Gasteiger partial charge is 0.480 e. The maximum Gasteiger partial charge on any atom is 0.320 e. The van der Waals surface area contributed by atoms with Crippen molar-refractivity contribution in [3.63, 3.8) is 0 Å². The Bertz CT molecular complexity index is 812. The van der Waals surface area contributed by atoms with Crippen LogP contribution >= 0.6 is 0 Å². The molecule has 2 rings (SSSR count). The summed E-state index contributed by atoms with van der Waals surface area (Å²) in [6, 6.07) is 17.9. The number of carbonyl (C=O) groups is 1. The lowest BCUT2D eigenvalue weighted by Gasteiger charge is -2.13. The molecule has 24 heavy (non-hydrogen) atoms. The molecule has 0 amide bonds. The number of carboxylic acid groups (broad SMARTS) is 1. The summed E-state index contributed by atoms with van der Waals surface area (Å²) in [5.41, 5.74) is 3.18. The Kier molecular flexibility index (Phi) is 5.89. The fourth-order valence-electron chi connectivity index (χ4n) is 2.13. The lowest BCUT2D eigenvalue weighted by molar-refractivity contribution is -0.134. The minimum absolute atomic E-state index is 0.121. The highest BCUT2D eigenvalue weighted by Crippen LogP contribution is 2.19. The van der Waals surface area contributed by atoms with Gasteiger partial charge in [-0.05, 0) is 16.7 Å². The van der Waals surface area contributed by atoms with Gasteiger partial charge < -0.3 is 5.11 Å². The number of likely N-dealkylation sites (N-methyl/N-ethyl adjacent to an activating group) is 1.